The molecule has 2 heterocycles. The molecule has 2 fully saturated rings. The summed E-state index contributed by atoms with van der Waals surface area (Å²) in [6.45, 7) is 6.79. The third kappa shape index (κ3) is 3.93. The van der Waals surface area contributed by atoms with Crippen LogP contribution in [0.5, 0.6) is 0 Å². The number of rotatable bonds is 4. The smallest absolute Gasteiger partial charge is 0.336 e. The van der Waals surface area contributed by atoms with Gasteiger partial charge in [0.2, 0.25) is 0 Å². The zero-order valence-electron chi connectivity index (χ0n) is 11.3. The van der Waals surface area contributed by atoms with Crippen molar-refractivity contribution >= 4 is 5.97 Å². The first-order valence-corrected chi connectivity index (χ1v) is 6.94. The maximum Gasteiger partial charge on any atom is 0.336 e. The van der Waals surface area contributed by atoms with Gasteiger partial charge in [-0.3, -0.25) is 4.90 Å². The van der Waals surface area contributed by atoms with E-state index in [0.717, 1.165) is 19.6 Å². The Kier molecular flexibility index (Phi) is 5.41. The summed E-state index contributed by atoms with van der Waals surface area (Å²) in [5.41, 5.74) is 0. The number of morpholine rings is 1. The molecular weight excluding hydrogens is 232 g/mol. The maximum atomic E-state index is 11.4. The summed E-state index contributed by atoms with van der Waals surface area (Å²) >= 11 is 0. The fourth-order valence-electron chi connectivity index (χ4n) is 2.65. The van der Waals surface area contributed by atoms with Gasteiger partial charge in [0.05, 0.1) is 13.7 Å². The van der Waals surface area contributed by atoms with E-state index in [0.29, 0.717) is 13.2 Å². The molecule has 5 heteroatoms. The first-order valence-electron chi connectivity index (χ1n) is 6.94. The minimum Gasteiger partial charge on any atom is -0.467 e. The van der Waals surface area contributed by atoms with Crippen molar-refractivity contribution < 1.29 is 14.3 Å². The first kappa shape index (κ1) is 13.8. The fraction of sp³-hybridized carbons (Fsp3) is 0.923. The van der Waals surface area contributed by atoms with Crippen LogP contribution in [0.3, 0.4) is 0 Å². The topological polar surface area (TPSA) is 42.0 Å². The third-order valence-corrected chi connectivity index (χ3v) is 3.80. The highest BCUT2D eigenvalue weighted by Gasteiger charge is 2.27. The molecule has 0 saturated carbocycles. The Balaban J connectivity index is 1.70. The highest BCUT2D eigenvalue weighted by Crippen LogP contribution is 2.10. The van der Waals surface area contributed by atoms with Gasteiger partial charge in [-0.2, -0.15) is 0 Å². The van der Waals surface area contributed by atoms with Gasteiger partial charge in [-0.05, 0) is 25.9 Å². The zero-order chi connectivity index (χ0) is 12.8. The molecule has 1 atom stereocenters. The van der Waals surface area contributed by atoms with Gasteiger partial charge >= 0.3 is 5.97 Å². The van der Waals surface area contributed by atoms with Crippen molar-refractivity contribution in [1.29, 1.82) is 0 Å². The lowest BCUT2D eigenvalue weighted by atomic mass is 10.1. The molecule has 0 aromatic rings. The van der Waals surface area contributed by atoms with Crippen molar-refractivity contribution in [3.63, 3.8) is 0 Å². The Morgan fingerprint density at radius 2 is 1.89 bits per heavy atom. The van der Waals surface area contributed by atoms with Crippen LogP contribution in [0.25, 0.3) is 0 Å². The SMILES string of the molecule is COC(=O)C1CN(CCN2CCCCC2)CCO1. The number of carbonyl (C=O) groups is 1. The largest absolute Gasteiger partial charge is 0.467 e. The molecular formula is C13H24N2O3. The van der Waals surface area contributed by atoms with E-state index in [-0.39, 0.29) is 5.97 Å². The second kappa shape index (κ2) is 7.07. The van der Waals surface area contributed by atoms with Gasteiger partial charge in [0, 0.05) is 26.2 Å². The van der Waals surface area contributed by atoms with E-state index in [1.807, 2.05) is 0 Å². The summed E-state index contributed by atoms with van der Waals surface area (Å²) in [6.07, 6.45) is 3.63. The van der Waals surface area contributed by atoms with Gasteiger partial charge < -0.3 is 14.4 Å². The minimum absolute atomic E-state index is 0.252. The van der Waals surface area contributed by atoms with E-state index in [1.54, 1.807) is 0 Å². The highest BCUT2D eigenvalue weighted by atomic mass is 16.6. The molecule has 0 bridgehead atoms. The maximum absolute atomic E-state index is 11.4. The Bertz CT molecular complexity index is 267. The second-order valence-corrected chi connectivity index (χ2v) is 5.09. The molecule has 18 heavy (non-hydrogen) atoms. The molecule has 5 nitrogen and oxygen atoms in total. The van der Waals surface area contributed by atoms with Crippen LogP contribution in [0.2, 0.25) is 0 Å². The van der Waals surface area contributed by atoms with Crippen LogP contribution in [0, 0.1) is 0 Å². The number of piperidine rings is 1. The van der Waals surface area contributed by atoms with Crippen LogP contribution in [0.4, 0.5) is 0 Å². The van der Waals surface area contributed by atoms with Crippen molar-refractivity contribution in [3.05, 3.63) is 0 Å². The van der Waals surface area contributed by atoms with Crippen LogP contribution < -0.4 is 0 Å². The van der Waals surface area contributed by atoms with Crippen molar-refractivity contribution in [1.82, 2.24) is 9.80 Å². The Labute approximate surface area is 109 Å². The molecule has 0 aliphatic carbocycles. The number of esters is 1. The molecule has 2 aliphatic rings. The molecule has 0 radical (unpaired) electrons. The molecule has 0 aromatic heterocycles. The number of nitrogens with zero attached hydrogens (tertiary/aromatic N) is 2. The number of ether oxygens (including phenoxy) is 2. The van der Waals surface area contributed by atoms with Gasteiger partial charge in [-0.1, -0.05) is 6.42 Å². The van der Waals surface area contributed by atoms with E-state index >= 15 is 0 Å². The standard InChI is InChI=1S/C13H24N2O3/c1-17-13(16)12-11-15(9-10-18-12)8-7-14-5-3-2-4-6-14/h12H,2-11H2,1H3. The zero-order valence-corrected chi connectivity index (χ0v) is 11.3. The first-order chi connectivity index (χ1) is 8.79. The molecule has 0 aromatic carbocycles. The van der Waals surface area contributed by atoms with Crippen molar-refractivity contribution in [2.24, 2.45) is 0 Å². The summed E-state index contributed by atoms with van der Waals surface area (Å²) in [6, 6.07) is 0. The minimum atomic E-state index is -0.398. The van der Waals surface area contributed by atoms with E-state index in [9.17, 15) is 4.79 Å². The summed E-state index contributed by atoms with van der Waals surface area (Å²) in [7, 11) is 1.42. The van der Waals surface area contributed by atoms with Crippen molar-refractivity contribution in [3.8, 4) is 0 Å². The quantitative estimate of drug-likeness (QED) is 0.679. The second-order valence-electron chi connectivity index (χ2n) is 5.09. The molecule has 1 unspecified atom stereocenters. The summed E-state index contributed by atoms with van der Waals surface area (Å²) in [4.78, 5) is 16.3. The number of likely N-dealkylation sites (tertiary alicyclic amines) is 1. The van der Waals surface area contributed by atoms with Gasteiger partial charge in [-0.15, -0.1) is 0 Å². The Morgan fingerprint density at radius 1 is 1.17 bits per heavy atom. The predicted octanol–water partition coefficient (Wildman–Crippen LogP) is 0.346. The third-order valence-electron chi connectivity index (χ3n) is 3.80. The average molecular weight is 256 g/mol. The number of methoxy groups -OCH3 is 1. The van der Waals surface area contributed by atoms with Crippen LogP contribution in [-0.4, -0.2) is 74.9 Å². The summed E-state index contributed by atoms with van der Waals surface area (Å²) in [5.74, 6) is -0.252. The van der Waals surface area contributed by atoms with E-state index in [4.69, 9.17) is 9.47 Å². The van der Waals surface area contributed by atoms with Gasteiger partial charge in [0.1, 0.15) is 0 Å². The number of carbonyl (C=O) groups excluding carboxylic acids is 1. The number of hydrogen-bond donors (Lipinski definition) is 0. The average Bonchev–Trinajstić information content (AvgIpc) is 2.45. The fourth-order valence-corrected chi connectivity index (χ4v) is 2.65. The van der Waals surface area contributed by atoms with Gasteiger partial charge in [0.15, 0.2) is 6.10 Å². The molecule has 0 spiro atoms. The summed E-state index contributed by atoms with van der Waals surface area (Å²) in [5, 5.41) is 0. The lowest BCUT2D eigenvalue weighted by molar-refractivity contribution is -0.159. The van der Waals surface area contributed by atoms with E-state index < -0.39 is 6.10 Å². The molecule has 0 amide bonds. The molecule has 2 aliphatic heterocycles. The molecule has 0 N–H and O–H groups in total. The lowest BCUT2D eigenvalue weighted by Crippen LogP contribution is -2.49. The molecule has 2 saturated heterocycles. The number of hydrogen-bond acceptors (Lipinski definition) is 5. The van der Waals surface area contributed by atoms with Crippen LogP contribution in [0.15, 0.2) is 0 Å². The lowest BCUT2D eigenvalue weighted by Gasteiger charge is -2.34. The van der Waals surface area contributed by atoms with Gasteiger partial charge in [0.25, 0.3) is 0 Å². The van der Waals surface area contributed by atoms with Crippen LogP contribution in [0.1, 0.15) is 19.3 Å². The molecule has 104 valence electrons. The Hall–Kier alpha value is -0.650. The monoisotopic (exact) mass is 256 g/mol. The highest BCUT2D eigenvalue weighted by molar-refractivity contribution is 5.74. The van der Waals surface area contributed by atoms with Crippen LogP contribution in [-0.2, 0) is 14.3 Å². The normalized spacial score (nSPS) is 27.1. The van der Waals surface area contributed by atoms with Crippen molar-refractivity contribution in [2.75, 3.05) is 53.0 Å². The summed E-state index contributed by atoms with van der Waals surface area (Å²) < 4.78 is 10.2. The predicted molar refractivity (Wildman–Crippen MR) is 68.5 cm³/mol. The van der Waals surface area contributed by atoms with Gasteiger partial charge in [-0.25, -0.2) is 4.79 Å². The molecule has 2 rings (SSSR count). The Morgan fingerprint density at radius 3 is 2.61 bits per heavy atom. The van der Waals surface area contributed by atoms with E-state index in [2.05, 4.69) is 9.80 Å². The van der Waals surface area contributed by atoms with E-state index in [1.165, 1.54) is 39.5 Å². The van der Waals surface area contributed by atoms with Crippen LogP contribution >= 0.6 is 0 Å². The van der Waals surface area contributed by atoms with Crippen molar-refractivity contribution in [2.45, 2.75) is 25.4 Å².